The van der Waals surface area contributed by atoms with E-state index in [1.54, 1.807) is 0 Å². The number of rotatable bonds is 8. The van der Waals surface area contributed by atoms with Crippen molar-refractivity contribution in [2.75, 3.05) is 26.4 Å². The van der Waals surface area contributed by atoms with Gasteiger partial charge in [0, 0.05) is 35.9 Å². The van der Waals surface area contributed by atoms with Crippen LogP contribution in [0.15, 0.2) is 11.1 Å². The predicted octanol–water partition coefficient (Wildman–Crippen LogP) is 3.02. The fourth-order valence-corrected chi connectivity index (χ4v) is 8.78. The van der Waals surface area contributed by atoms with Crippen molar-refractivity contribution in [3.8, 4) is 0 Å². The first-order valence-corrected chi connectivity index (χ1v) is 15.3. The molecule has 0 aromatic rings. The second-order valence-corrected chi connectivity index (χ2v) is 13.7. The molecule has 9 unspecified atom stereocenters. The SMILES string of the molecule is CC(C)CC1CC2OC23C2(C)CCC4=C(COC4=O)C2COC3(C)C1OC(=O)CCC(=O)OCC1CC(O)CCO1. The number of cyclic esters (lactones) is 1. The number of esters is 3. The molecule has 10 heteroatoms. The molecule has 2 aliphatic carbocycles. The molecule has 4 fully saturated rings. The molecule has 4 aliphatic heterocycles. The zero-order valence-electron chi connectivity index (χ0n) is 24.6. The molecule has 0 aromatic carbocycles. The highest BCUT2D eigenvalue weighted by Crippen LogP contribution is 2.72. The van der Waals surface area contributed by atoms with Gasteiger partial charge in [-0.3, -0.25) is 9.59 Å². The summed E-state index contributed by atoms with van der Waals surface area (Å²) in [5.41, 5.74) is 0.0533. The van der Waals surface area contributed by atoms with E-state index < -0.39 is 35.3 Å². The van der Waals surface area contributed by atoms with Gasteiger partial charge in [-0.1, -0.05) is 20.8 Å². The van der Waals surface area contributed by atoms with Crippen LogP contribution in [0.2, 0.25) is 0 Å². The summed E-state index contributed by atoms with van der Waals surface area (Å²) in [6.45, 7) is 9.82. The standard InChI is InChI=1S/C31H44O10/c1-17(2)11-18-12-24-31(41-24)29(3)9-7-21-22(15-38-28(21)35)23(29)16-39-30(31,4)27(18)40-26(34)6-5-25(33)37-14-20-13-19(32)8-10-36-20/h17-20,23-24,27,32H,5-16H2,1-4H3. The van der Waals surface area contributed by atoms with Crippen LogP contribution in [0.25, 0.3) is 0 Å². The molecule has 0 aromatic heterocycles. The lowest BCUT2D eigenvalue weighted by Crippen LogP contribution is -2.72. The average Bonchev–Trinajstić information content (AvgIpc) is 3.56. The minimum Gasteiger partial charge on any atom is -0.463 e. The molecule has 1 saturated carbocycles. The van der Waals surface area contributed by atoms with E-state index in [2.05, 4.69) is 20.8 Å². The second-order valence-electron chi connectivity index (χ2n) is 13.7. The maximum atomic E-state index is 13.2. The molecule has 1 N–H and O–H groups in total. The van der Waals surface area contributed by atoms with Crippen LogP contribution in [0.5, 0.6) is 0 Å². The van der Waals surface area contributed by atoms with Crippen molar-refractivity contribution >= 4 is 17.9 Å². The van der Waals surface area contributed by atoms with Crippen molar-refractivity contribution in [2.45, 2.75) is 115 Å². The first-order valence-electron chi connectivity index (χ1n) is 15.3. The summed E-state index contributed by atoms with van der Waals surface area (Å²) in [4.78, 5) is 38.0. The maximum absolute atomic E-state index is 13.2. The maximum Gasteiger partial charge on any atom is 0.334 e. The van der Waals surface area contributed by atoms with Gasteiger partial charge in [-0.15, -0.1) is 0 Å². The Kier molecular flexibility index (Phi) is 7.53. The summed E-state index contributed by atoms with van der Waals surface area (Å²) in [5.74, 6) is -0.706. The Bertz CT molecular complexity index is 1120. The number of fused-ring (bicyclic) bond motifs is 2. The molecule has 0 amide bonds. The molecule has 228 valence electrons. The predicted molar refractivity (Wildman–Crippen MR) is 143 cm³/mol. The molecule has 3 saturated heterocycles. The first kappa shape index (κ1) is 29.1. The molecule has 6 rings (SSSR count). The molecule has 9 atom stereocenters. The van der Waals surface area contributed by atoms with Crippen LogP contribution >= 0.6 is 0 Å². The molecular weight excluding hydrogens is 532 g/mol. The Morgan fingerprint density at radius 1 is 1.15 bits per heavy atom. The zero-order valence-corrected chi connectivity index (χ0v) is 24.6. The van der Waals surface area contributed by atoms with Crippen LogP contribution in [0, 0.1) is 23.2 Å². The number of ether oxygens (including phenoxy) is 6. The summed E-state index contributed by atoms with van der Waals surface area (Å²) in [6, 6.07) is 0. The van der Waals surface area contributed by atoms with E-state index in [4.69, 9.17) is 28.4 Å². The summed E-state index contributed by atoms with van der Waals surface area (Å²) in [7, 11) is 0. The topological polar surface area (TPSA) is 130 Å². The van der Waals surface area contributed by atoms with Crippen molar-refractivity contribution in [3.63, 3.8) is 0 Å². The van der Waals surface area contributed by atoms with Crippen molar-refractivity contribution in [1.29, 1.82) is 0 Å². The van der Waals surface area contributed by atoms with Gasteiger partial charge >= 0.3 is 17.9 Å². The van der Waals surface area contributed by atoms with Crippen molar-refractivity contribution < 1.29 is 47.9 Å². The molecular formula is C31H44O10. The third-order valence-corrected chi connectivity index (χ3v) is 10.8. The summed E-state index contributed by atoms with van der Waals surface area (Å²) >= 11 is 0. The van der Waals surface area contributed by atoms with Gasteiger partial charge in [-0.05, 0) is 50.5 Å². The highest BCUT2D eigenvalue weighted by Gasteiger charge is 2.84. The van der Waals surface area contributed by atoms with Gasteiger partial charge in [0.05, 0.1) is 37.8 Å². The number of aliphatic hydroxyl groups is 1. The number of epoxide rings is 1. The zero-order chi connectivity index (χ0) is 29.2. The van der Waals surface area contributed by atoms with Crippen molar-refractivity contribution in [2.24, 2.45) is 23.2 Å². The van der Waals surface area contributed by atoms with Crippen LogP contribution in [-0.4, -0.2) is 85.1 Å². The highest BCUT2D eigenvalue weighted by atomic mass is 16.7. The van der Waals surface area contributed by atoms with Gasteiger partial charge in [-0.2, -0.15) is 0 Å². The lowest BCUT2D eigenvalue weighted by molar-refractivity contribution is -0.260. The van der Waals surface area contributed by atoms with E-state index in [0.717, 1.165) is 30.4 Å². The van der Waals surface area contributed by atoms with Crippen molar-refractivity contribution in [3.05, 3.63) is 11.1 Å². The largest absolute Gasteiger partial charge is 0.463 e. The molecule has 6 aliphatic rings. The Morgan fingerprint density at radius 2 is 1.93 bits per heavy atom. The Morgan fingerprint density at radius 3 is 2.68 bits per heavy atom. The van der Waals surface area contributed by atoms with Crippen LogP contribution < -0.4 is 0 Å². The Hall–Kier alpha value is -2.01. The fraction of sp³-hybridized carbons (Fsp3) is 0.839. The van der Waals surface area contributed by atoms with E-state index in [9.17, 15) is 19.5 Å². The molecule has 1 spiro atoms. The van der Waals surface area contributed by atoms with E-state index in [1.807, 2.05) is 6.92 Å². The second kappa shape index (κ2) is 10.6. The fourth-order valence-electron chi connectivity index (χ4n) is 8.78. The normalized spacial score (nSPS) is 42.9. The van der Waals surface area contributed by atoms with Crippen molar-refractivity contribution in [1.82, 2.24) is 0 Å². The first-order chi connectivity index (χ1) is 19.5. The Labute approximate surface area is 241 Å². The molecule has 0 bridgehead atoms. The van der Waals surface area contributed by atoms with Crippen LogP contribution in [0.4, 0.5) is 0 Å². The number of aliphatic hydroxyl groups excluding tert-OH is 1. The summed E-state index contributed by atoms with van der Waals surface area (Å²) < 4.78 is 35.9. The lowest BCUT2D eigenvalue weighted by Gasteiger charge is -2.60. The average molecular weight is 577 g/mol. The monoisotopic (exact) mass is 576 g/mol. The van der Waals surface area contributed by atoms with Crippen LogP contribution in [0.3, 0.4) is 0 Å². The van der Waals surface area contributed by atoms with Crippen LogP contribution in [-0.2, 0) is 42.8 Å². The van der Waals surface area contributed by atoms with Gasteiger partial charge in [0.1, 0.15) is 30.5 Å². The molecule has 0 radical (unpaired) electrons. The molecule has 4 heterocycles. The highest BCUT2D eigenvalue weighted by molar-refractivity contribution is 5.92. The van der Waals surface area contributed by atoms with Gasteiger partial charge in [0.25, 0.3) is 0 Å². The van der Waals surface area contributed by atoms with E-state index >= 15 is 0 Å². The van der Waals surface area contributed by atoms with Gasteiger partial charge in [0.2, 0.25) is 0 Å². The summed E-state index contributed by atoms with van der Waals surface area (Å²) in [6.07, 6.45) is 2.58. The Balaban J connectivity index is 1.15. The lowest BCUT2D eigenvalue weighted by atomic mass is 9.49. The third-order valence-electron chi connectivity index (χ3n) is 10.8. The van der Waals surface area contributed by atoms with E-state index in [1.165, 1.54) is 0 Å². The molecule has 10 nitrogen and oxygen atoms in total. The number of carbonyl (C=O) groups is 3. The third kappa shape index (κ3) is 4.73. The van der Waals surface area contributed by atoms with E-state index in [-0.39, 0.29) is 54.9 Å². The number of carbonyl (C=O) groups excluding carboxylic acids is 3. The number of hydrogen-bond donors (Lipinski definition) is 1. The number of hydrogen-bond acceptors (Lipinski definition) is 10. The minimum absolute atomic E-state index is 0.00493. The van der Waals surface area contributed by atoms with Gasteiger partial charge < -0.3 is 33.5 Å². The van der Waals surface area contributed by atoms with Gasteiger partial charge in [0.15, 0.2) is 0 Å². The van der Waals surface area contributed by atoms with E-state index in [0.29, 0.717) is 45.0 Å². The van der Waals surface area contributed by atoms with Crippen LogP contribution in [0.1, 0.15) is 79.1 Å². The summed E-state index contributed by atoms with van der Waals surface area (Å²) in [5, 5.41) is 9.79. The minimum atomic E-state index is -0.864. The molecule has 41 heavy (non-hydrogen) atoms. The smallest absolute Gasteiger partial charge is 0.334 e. The quantitative estimate of drug-likeness (QED) is 0.261. The van der Waals surface area contributed by atoms with Gasteiger partial charge in [-0.25, -0.2) is 4.79 Å².